The van der Waals surface area contributed by atoms with Crippen LogP contribution in [0.5, 0.6) is 0 Å². The van der Waals surface area contributed by atoms with E-state index in [0.29, 0.717) is 43.6 Å². The molecular formula is C16H14ClN3O6S. The van der Waals surface area contributed by atoms with Gasteiger partial charge in [0.25, 0.3) is 16.8 Å². The summed E-state index contributed by atoms with van der Waals surface area (Å²) in [5.74, 6) is -0.937. The molecule has 11 heteroatoms. The molecule has 142 valence electrons. The number of benzene rings is 1. The van der Waals surface area contributed by atoms with E-state index in [2.05, 4.69) is 0 Å². The molecule has 2 heterocycles. The van der Waals surface area contributed by atoms with Gasteiger partial charge in [-0.15, -0.1) is 0 Å². The minimum absolute atomic E-state index is 0.0265. The van der Waals surface area contributed by atoms with E-state index in [-0.39, 0.29) is 28.1 Å². The Labute approximate surface area is 163 Å². The number of amides is 3. The smallest absolute Gasteiger partial charge is 0.294 e. The average Bonchev–Trinajstić information content (AvgIpc) is 2.91. The molecule has 0 bridgehead atoms. The van der Waals surface area contributed by atoms with Gasteiger partial charge in [0.2, 0.25) is 5.91 Å². The van der Waals surface area contributed by atoms with Gasteiger partial charge in [0, 0.05) is 19.2 Å². The van der Waals surface area contributed by atoms with Gasteiger partial charge in [0.15, 0.2) is 0 Å². The van der Waals surface area contributed by atoms with Crippen LogP contribution in [0.15, 0.2) is 23.1 Å². The molecule has 1 aromatic rings. The summed E-state index contributed by atoms with van der Waals surface area (Å²) in [6.07, 6.45) is 1.37. The summed E-state index contributed by atoms with van der Waals surface area (Å²) < 4.78 is 5.17. The molecule has 0 aromatic heterocycles. The third-order valence-corrected chi connectivity index (χ3v) is 5.22. The first-order valence-electron chi connectivity index (χ1n) is 7.91. The maximum atomic E-state index is 12.5. The summed E-state index contributed by atoms with van der Waals surface area (Å²) in [6.45, 7) is 1.33. The number of nitro benzene ring substituents is 1. The first-order chi connectivity index (χ1) is 12.9. The summed E-state index contributed by atoms with van der Waals surface area (Å²) >= 11 is 6.45. The molecule has 0 unspecified atom stereocenters. The summed E-state index contributed by atoms with van der Waals surface area (Å²) in [6, 6.07) is 4.06. The van der Waals surface area contributed by atoms with Gasteiger partial charge in [0.05, 0.1) is 23.0 Å². The molecule has 3 amide bonds. The molecule has 2 aliphatic rings. The first kappa shape index (κ1) is 19.3. The van der Waals surface area contributed by atoms with Crippen LogP contribution in [0.3, 0.4) is 0 Å². The first-order valence-corrected chi connectivity index (χ1v) is 9.11. The van der Waals surface area contributed by atoms with Gasteiger partial charge < -0.3 is 9.64 Å². The Morgan fingerprint density at radius 1 is 1.33 bits per heavy atom. The molecule has 1 aromatic carbocycles. The van der Waals surface area contributed by atoms with Gasteiger partial charge in [-0.2, -0.15) is 0 Å². The highest BCUT2D eigenvalue weighted by Crippen LogP contribution is 2.33. The van der Waals surface area contributed by atoms with E-state index in [9.17, 15) is 24.5 Å². The van der Waals surface area contributed by atoms with Gasteiger partial charge in [-0.05, 0) is 29.5 Å². The van der Waals surface area contributed by atoms with Crippen LogP contribution in [0.2, 0.25) is 5.02 Å². The Morgan fingerprint density at radius 3 is 2.70 bits per heavy atom. The number of nitro groups is 1. The zero-order valence-corrected chi connectivity index (χ0v) is 15.5. The van der Waals surface area contributed by atoms with Crippen LogP contribution in [0.4, 0.5) is 10.5 Å². The van der Waals surface area contributed by atoms with Crippen molar-refractivity contribution in [3.05, 3.63) is 43.8 Å². The number of hydrogen-bond donors (Lipinski definition) is 0. The second-order valence-electron chi connectivity index (χ2n) is 5.73. The average molecular weight is 412 g/mol. The van der Waals surface area contributed by atoms with Crippen LogP contribution in [0.1, 0.15) is 5.56 Å². The van der Waals surface area contributed by atoms with E-state index < -0.39 is 16.1 Å². The van der Waals surface area contributed by atoms with Crippen molar-refractivity contribution < 1.29 is 24.0 Å². The van der Waals surface area contributed by atoms with Crippen LogP contribution in [-0.4, -0.2) is 64.6 Å². The summed E-state index contributed by atoms with van der Waals surface area (Å²) in [4.78, 5) is 49.7. The van der Waals surface area contributed by atoms with Gasteiger partial charge in [-0.1, -0.05) is 17.7 Å². The molecule has 0 saturated carbocycles. The molecule has 3 rings (SSSR count). The fourth-order valence-corrected chi connectivity index (χ4v) is 3.62. The third-order valence-electron chi connectivity index (χ3n) is 4.00. The van der Waals surface area contributed by atoms with E-state index in [4.69, 9.17) is 16.3 Å². The highest BCUT2D eigenvalue weighted by Gasteiger charge is 2.37. The Bertz CT molecular complexity index is 853. The zero-order chi connectivity index (χ0) is 19.6. The van der Waals surface area contributed by atoms with E-state index in [1.807, 2.05) is 0 Å². The standard InChI is InChI=1S/C16H14ClN3O6S/c17-11-2-1-10(7-12(11)20(24)25)8-13-15(22)19(16(23)27-13)9-14(21)18-3-5-26-6-4-18/h1-2,7-8H,3-6,9H2/b13-8-. The van der Waals surface area contributed by atoms with Crippen LogP contribution in [0.25, 0.3) is 6.08 Å². The molecule has 9 nitrogen and oxygen atoms in total. The largest absolute Gasteiger partial charge is 0.378 e. The maximum absolute atomic E-state index is 12.5. The van der Waals surface area contributed by atoms with Gasteiger partial charge in [-0.25, -0.2) is 0 Å². The second-order valence-corrected chi connectivity index (χ2v) is 7.13. The molecule has 27 heavy (non-hydrogen) atoms. The molecular weight excluding hydrogens is 398 g/mol. The Balaban J connectivity index is 1.75. The second kappa shape index (κ2) is 8.07. The van der Waals surface area contributed by atoms with Crippen molar-refractivity contribution in [2.24, 2.45) is 0 Å². The van der Waals surface area contributed by atoms with Crippen LogP contribution < -0.4 is 0 Å². The quantitative estimate of drug-likeness (QED) is 0.424. The van der Waals surface area contributed by atoms with Crippen molar-refractivity contribution in [1.82, 2.24) is 9.80 Å². The number of ether oxygens (including phenoxy) is 1. The van der Waals surface area contributed by atoms with E-state index in [1.54, 1.807) is 4.90 Å². The van der Waals surface area contributed by atoms with Crippen molar-refractivity contribution in [2.75, 3.05) is 32.8 Å². The predicted molar refractivity (Wildman–Crippen MR) is 98.2 cm³/mol. The topological polar surface area (TPSA) is 110 Å². The number of imide groups is 1. The van der Waals surface area contributed by atoms with E-state index >= 15 is 0 Å². The fourth-order valence-electron chi connectivity index (χ4n) is 2.60. The lowest BCUT2D eigenvalue weighted by atomic mass is 10.2. The number of thioether (sulfide) groups is 1. The maximum Gasteiger partial charge on any atom is 0.294 e. The van der Waals surface area contributed by atoms with Gasteiger partial charge in [0.1, 0.15) is 11.6 Å². The highest BCUT2D eigenvalue weighted by molar-refractivity contribution is 8.18. The van der Waals surface area contributed by atoms with Crippen molar-refractivity contribution in [3.63, 3.8) is 0 Å². The number of halogens is 1. The number of morpholine rings is 1. The summed E-state index contributed by atoms with van der Waals surface area (Å²) in [5.41, 5.74) is 0.0586. The number of carbonyl (C=O) groups is 3. The zero-order valence-electron chi connectivity index (χ0n) is 13.9. The molecule has 2 fully saturated rings. The highest BCUT2D eigenvalue weighted by atomic mass is 35.5. The van der Waals surface area contributed by atoms with Crippen molar-refractivity contribution >= 4 is 52.2 Å². The Kier molecular flexibility index (Phi) is 5.78. The van der Waals surface area contributed by atoms with Gasteiger partial charge in [-0.3, -0.25) is 29.4 Å². The van der Waals surface area contributed by atoms with E-state index in [1.165, 1.54) is 24.3 Å². The minimum atomic E-state index is -0.633. The molecule has 2 saturated heterocycles. The third kappa shape index (κ3) is 4.29. The normalized spacial score (nSPS) is 19.1. The molecule has 2 aliphatic heterocycles. The van der Waals surface area contributed by atoms with E-state index in [0.717, 1.165) is 4.90 Å². The molecule has 0 aliphatic carbocycles. The van der Waals surface area contributed by atoms with Crippen molar-refractivity contribution in [2.45, 2.75) is 0 Å². The number of nitrogens with zero attached hydrogens (tertiary/aromatic N) is 3. The SMILES string of the molecule is O=C(CN1C(=O)S/C(=C\c2ccc(Cl)c([N+](=O)[O-])c2)C1=O)N1CCOCC1. The Morgan fingerprint density at radius 2 is 2.04 bits per heavy atom. The van der Waals surface area contributed by atoms with Crippen LogP contribution in [-0.2, 0) is 14.3 Å². The lowest BCUT2D eigenvalue weighted by molar-refractivity contribution is -0.384. The molecule has 0 radical (unpaired) electrons. The number of hydrogen-bond acceptors (Lipinski definition) is 7. The monoisotopic (exact) mass is 411 g/mol. The lowest BCUT2D eigenvalue weighted by Crippen LogP contribution is -2.46. The summed E-state index contributed by atoms with van der Waals surface area (Å²) in [5, 5.41) is 10.4. The fraction of sp³-hybridized carbons (Fsp3) is 0.312. The number of rotatable bonds is 4. The summed E-state index contributed by atoms with van der Waals surface area (Å²) in [7, 11) is 0. The lowest BCUT2D eigenvalue weighted by Gasteiger charge is -2.28. The Hall–Kier alpha value is -2.43. The van der Waals surface area contributed by atoms with Crippen LogP contribution >= 0.6 is 23.4 Å². The van der Waals surface area contributed by atoms with Crippen LogP contribution in [0, 0.1) is 10.1 Å². The molecule has 0 N–H and O–H groups in total. The molecule has 0 spiro atoms. The molecule has 0 atom stereocenters. The van der Waals surface area contributed by atoms with Crippen molar-refractivity contribution in [1.29, 1.82) is 0 Å². The predicted octanol–water partition coefficient (Wildman–Crippen LogP) is 2.14. The van der Waals surface area contributed by atoms with Crippen molar-refractivity contribution in [3.8, 4) is 0 Å². The minimum Gasteiger partial charge on any atom is -0.378 e. The van der Waals surface area contributed by atoms with Gasteiger partial charge >= 0.3 is 0 Å². The number of carbonyl (C=O) groups excluding carboxylic acids is 3.